The number of nitrogens with one attached hydrogen (secondary N) is 1. The van der Waals surface area contributed by atoms with Crippen molar-refractivity contribution in [2.45, 2.75) is 6.92 Å². The Morgan fingerprint density at radius 1 is 1.10 bits per heavy atom. The maximum atomic E-state index is 11.8. The van der Waals surface area contributed by atoms with Crippen LogP contribution in [-0.2, 0) is 0 Å². The zero-order valence-corrected chi connectivity index (χ0v) is 11.3. The molecule has 1 amide bonds. The first-order valence-electron chi connectivity index (χ1n) is 6.37. The Morgan fingerprint density at radius 3 is 2.65 bits per heavy atom. The Kier molecular flexibility index (Phi) is 4.84. The molecule has 0 bridgehead atoms. The van der Waals surface area contributed by atoms with Gasteiger partial charge in [-0.05, 0) is 30.7 Å². The second kappa shape index (κ2) is 7.04. The summed E-state index contributed by atoms with van der Waals surface area (Å²) in [6.45, 7) is 1.95. The number of carbonyl (C=O) groups excluding carboxylic acids is 1. The van der Waals surface area contributed by atoms with Crippen molar-refractivity contribution in [1.29, 1.82) is 0 Å². The van der Waals surface area contributed by atoms with Crippen molar-refractivity contribution in [1.82, 2.24) is 5.43 Å². The molecule has 100 valence electrons. The van der Waals surface area contributed by atoms with E-state index in [0.717, 1.165) is 11.1 Å². The van der Waals surface area contributed by atoms with Crippen LogP contribution in [0.1, 0.15) is 21.5 Å². The first kappa shape index (κ1) is 13.7. The van der Waals surface area contributed by atoms with E-state index in [1.54, 1.807) is 18.4 Å². The van der Waals surface area contributed by atoms with Gasteiger partial charge in [-0.25, -0.2) is 5.43 Å². The van der Waals surface area contributed by atoms with E-state index in [2.05, 4.69) is 10.5 Å². The van der Waals surface area contributed by atoms with Gasteiger partial charge in [-0.1, -0.05) is 54.1 Å². The number of hydrogen-bond acceptors (Lipinski definition) is 2. The van der Waals surface area contributed by atoms with E-state index >= 15 is 0 Å². The lowest BCUT2D eigenvalue weighted by Crippen LogP contribution is -2.17. The molecular weight excluding hydrogens is 248 g/mol. The summed E-state index contributed by atoms with van der Waals surface area (Å²) in [6.07, 6.45) is 5.26. The summed E-state index contributed by atoms with van der Waals surface area (Å²) in [4.78, 5) is 11.8. The monoisotopic (exact) mass is 264 g/mol. The third-order valence-corrected chi connectivity index (χ3v) is 2.70. The molecule has 0 saturated carbocycles. The number of aryl methyl sites for hydroxylation is 1. The minimum atomic E-state index is -0.210. The van der Waals surface area contributed by atoms with Crippen molar-refractivity contribution < 1.29 is 4.79 Å². The van der Waals surface area contributed by atoms with Crippen molar-refractivity contribution in [3.8, 4) is 0 Å². The molecule has 0 heterocycles. The van der Waals surface area contributed by atoms with Gasteiger partial charge in [0.1, 0.15) is 0 Å². The summed E-state index contributed by atoms with van der Waals surface area (Å²) in [5, 5.41) is 3.88. The number of hydrazone groups is 1. The molecule has 2 aromatic carbocycles. The van der Waals surface area contributed by atoms with Crippen molar-refractivity contribution in [3.63, 3.8) is 0 Å². The molecule has 1 N–H and O–H groups in total. The SMILES string of the molecule is Cc1cccc(C(=O)NN=CC=Cc2ccccc2)c1. The summed E-state index contributed by atoms with van der Waals surface area (Å²) in [5.74, 6) is -0.210. The minimum Gasteiger partial charge on any atom is -0.267 e. The Morgan fingerprint density at radius 2 is 1.90 bits per heavy atom. The largest absolute Gasteiger partial charge is 0.271 e. The van der Waals surface area contributed by atoms with Gasteiger partial charge in [-0.15, -0.1) is 0 Å². The van der Waals surface area contributed by atoms with Crippen LogP contribution in [0.4, 0.5) is 0 Å². The molecule has 3 nitrogen and oxygen atoms in total. The average molecular weight is 264 g/mol. The van der Waals surface area contributed by atoms with Gasteiger partial charge < -0.3 is 0 Å². The first-order chi connectivity index (χ1) is 9.75. The van der Waals surface area contributed by atoms with Crippen LogP contribution in [0.3, 0.4) is 0 Å². The molecule has 2 rings (SSSR count). The highest BCUT2D eigenvalue weighted by molar-refractivity contribution is 5.94. The van der Waals surface area contributed by atoms with Crippen molar-refractivity contribution >= 4 is 18.2 Å². The van der Waals surface area contributed by atoms with E-state index in [0.29, 0.717) is 5.56 Å². The lowest BCUT2D eigenvalue weighted by Gasteiger charge is -1.99. The number of hydrogen-bond donors (Lipinski definition) is 1. The number of amides is 1. The Bertz CT molecular complexity index is 630. The summed E-state index contributed by atoms with van der Waals surface area (Å²) in [5.41, 5.74) is 5.23. The second-order valence-corrected chi connectivity index (χ2v) is 4.36. The van der Waals surface area contributed by atoms with Crippen LogP contribution in [0, 0.1) is 6.92 Å². The quantitative estimate of drug-likeness (QED) is 0.667. The van der Waals surface area contributed by atoms with Gasteiger partial charge in [0.05, 0.1) is 0 Å². The van der Waals surface area contributed by atoms with Crippen LogP contribution in [0.2, 0.25) is 0 Å². The molecular formula is C17H16N2O. The molecule has 0 radical (unpaired) electrons. The molecule has 0 saturated heterocycles. The Labute approximate surface area is 118 Å². The fourth-order valence-electron chi connectivity index (χ4n) is 1.71. The molecule has 0 aliphatic rings. The number of allylic oxidation sites excluding steroid dienone is 1. The van der Waals surface area contributed by atoms with Gasteiger partial charge in [0.2, 0.25) is 0 Å². The number of rotatable bonds is 4. The smallest absolute Gasteiger partial charge is 0.267 e. The third kappa shape index (κ3) is 4.21. The fourth-order valence-corrected chi connectivity index (χ4v) is 1.71. The molecule has 20 heavy (non-hydrogen) atoms. The van der Waals surface area contributed by atoms with Gasteiger partial charge in [-0.3, -0.25) is 4.79 Å². The van der Waals surface area contributed by atoms with E-state index in [9.17, 15) is 4.79 Å². The molecule has 0 unspecified atom stereocenters. The van der Waals surface area contributed by atoms with Crippen LogP contribution in [0.15, 0.2) is 65.8 Å². The van der Waals surface area contributed by atoms with Crippen LogP contribution in [0.25, 0.3) is 6.08 Å². The molecule has 0 atom stereocenters. The van der Waals surface area contributed by atoms with Crippen LogP contribution in [0.5, 0.6) is 0 Å². The zero-order valence-electron chi connectivity index (χ0n) is 11.3. The standard InChI is InChI=1S/C17H16N2O/c1-14-7-5-11-16(13-14)17(20)19-18-12-6-10-15-8-3-2-4-9-15/h2-13H,1H3,(H,19,20). The number of carbonyl (C=O) groups is 1. The van der Waals surface area contributed by atoms with E-state index < -0.39 is 0 Å². The van der Waals surface area contributed by atoms with E-state index in [1.807, 2.05) is 61.5 Å². The molecule has 0 spiro atoms. The fraction of sp³-hybridized carbons (Fsp3) is 0.0588. The van der Waals surface area contributed by atoms with Gasteiger partial charge >= 0.3 is 0 Å². The molecule has 2 aromatic rings. The molecule has 0 fully saturated rings. The highest BCUT2D eigenvalue weighted by Crippen LogP contribution is 2.03. The minimum absolute atomic E-state index is 0.210. The molecule has 3 heteroatoms. The average Bonchev–Trinajstić information content (AvgIpc) is 2.48. The lowest BCUT2D eigenvalue weighted by atomic mass is 10.1. The van der Waals surface area contributed by atoms with Gasteiger partial charge in [0, 0.05) is 11.8 Å². The summed E-state index contributed by atoms with van der Waals surface area (Å²) < 4.78 is 0. The second-order valence-electron chi connectivity index (χ2n) is 4.36. The maximum absolute atomic E-state index is 11.8. The predicted octanol–water partition coefficient (Wildman–Crippen LogP) is 3.42. The molecule has 0 aliphatic heterocycles. The number of benzene rings is 2. The first-order valence-corrected chi connectivity index (χ1v) is 6.37. The van der Waals surface area contributed by atoms with Gasteiger partial charge in [0.25, 0.3) is 5.91 Å². The van der Waals surface area contributed by atoms with Crippen molar-refractivity contribution in [2.24, 2.45) is 5.10 Å². The lowest BCUT2D eigenvalue weighted by molar-refractivity contribution is 0.0955. The topological polar surface area (TPSA) is 41.5 Å². The highest BCUT2D eigenvalue weighted by Gasteiger charge is 2.02. The Balaban J connectivity index is 1.87. The van der Waals surface area contributed by atoms with Crippen LogP contribution < -0.4 is 5.43 Å². The van der Waals surface area contributed by atoms with Crippen molar-refractivity contribution in [2.75, 3.05) is 0 Å². The number of nitrogens with zero attached hydrogens (tertiary/aromatic N) is 1. The van der Waals surface area contributed by atoms with Gasteiger partial charge in [-0.2, -0.15) is 5.10 Å². The van der Waals surface area contributed by atoms with E-state index in [-0.39, 0.29) is 5.91 Å². The van der Waals surface area contributed by atoms with E-state index in [4.69, 9.17) is 0 Å². The molecule has 0 aromatic heterocycles. The third-order valence-electron chi connectivity index (χ3n) is 2.70. The van der Waals surface area contributed by atoms with Crippen LogP contribution >= 0.6 is 0 Å². The summed E-state index contributed by atoms with van der Waals surface area (Å²) in [6, 6.07) is 17.3. The van der Waals surface area contributed by atoms with Crippen LogP contribution in [-0.4, -0.2) is 12.1 Å². The zero-order chi connectivity index (χ0) is 14.2. The maximum Gasteiger partial charge on any atom is 0.271 e. The summed E-state index contributed by atoms with van der Waals surface area (Å²) in [7, 11) is 0. The normalized spacial score (nSPS) is 11.1. The van der Waals surface area contributed by atoms with Crippen molar-refractivity contribution in [3.05, 3.63) is 77.4 Å². The van der Waals surface area contributed by atoms with Gasteiger partial charge in [0.15, 0.2) is 0 Å². The molecule has 0 aliphatic carbocycles. The summed E-state index contributed by atoms with van der Waals surface area (Å²) >= 11 is 0. The predicted molar refractivity (Wildman–Crippen MR) is 82.6 cm³/mol. The van der Waals surface area contributed by atoms with E-state index in [1.165, 1.54) is 0 Å². The highest BCUT2D eigenvalue weighted by atomic mass is 16.2. The Hall–Kier alpha value is -2.68.